The van der Waals surface area contributed by atoms with Crippen LogP contribution < -0.4 is 15.2 Å². The third-order valence-electron chi connectivity index (χ3n) is 4.10. The van der Waals surface area contributed by atoms with E-state index < -0.39 is 0 Å². The number of hydrogen-bond acceptors (Lipinski definition) is 6. The van der Waals surface area contributed by atoms with Gasteiger partial charge in [0.25, 0.3) is 0 Å². The Labute approximate surface area is 150 Å². The van der Waals surface area contributed by atoms with Gasteiger partial charge in [-0.3, -0.25) is 20.1 Å². The molecular weight excluding hydrogens is 330 g/mol. The van der Waals surface area contributed by atoms with Crippen LogP contribution in [0.2, 0.25) is 0 Å². The molecule has 0 aliphatic carbocycles. The van der Waals surface area contributed by atoms with Crippen LogP contribution in [0.15, 0.2) is 66.5 Å². The van der Waals surface area contributed by atoms with Gasteiger partial charge >= 0.3 is 0 Å². The molecule has 0 unspecified atom stereocenters. The highest BCUT2D eigenvalue weighted by Crippen LogP contribution is 2.22. The number of aliphatic hydroxyl groups is 1. The van der Waals surface area contributed by atoms with E-state index in [9.17, 15) is 5.11 Å². The highest BCUT2D eigenvalue weighted by molar-refractivity contribution is 5.80. The van der Waals surface area contributed by atoms with Crippen molar-refractivity contribution in [3.63, 3.8) is 0 Å². The van der Waals surface area contributed by atoms with Crippen LogP contribution in [-0.4, -0.2) is 26.5 Å². The summed E-state index contributed by atoms with van der Waals surface area (Å²) >= 11 is 0. The van der Waals surface area contributed by atoms with Crippen molar-refractivity contribution in [1.82, 2.24) is 20.2 Å². The molecule has 0 atom stereocenters. The number of anilines is 1. The zero-order chi connectivity index (χ0) is 18.1. The summed E-state index contributed by atoms with van der Waals surface area (Å²) in [5.74, 6) is 0.857. The summed E-state index contributed by atoms with van der Waals surface area (Å²) in [5.41, 5.74) is 6.48. The Balaban J connectivity index is 1.48. The first-order valence-electron chi connectivity index (χ1n) is 8.23. The topological polar surface area (TPSA) is 75.4 Å². The van der Waals surface area contributed by atoms with Gasteiger partial charge < -0.3 is 9.84 Å². The van der Waals surface area contributed by atoms with Gasteiger partial charge in [0.2, 0.25) is 0 Å². The van der Waals surface area contributed by atoms with E-state index in [0.29, 0.717) is 11.4 Å². The van der Waals surface area contributed by atoms with Crippen LogP contribution in [0.5, 0.6) is 5.75 Å². The average molecular weight is 349 g/mol. The van der Waals surface area contributed by atoms with E-state index in [1.807, 2.05) is 50.5 Å². The summed E-state index contributed by atoms with van der Waals surface area (Å²) < 4.78 is 7.57. The van der Waals surface area contributed by atoms with E-state index in [4.69, 9.17) is 4.74 Å². The fraction of sp³-hybridized carbons (Fsp3) is 0.158. The maximum atomic E-state index is 10.1. The Hall–Kier alpha value is -3.48. The maximum Gasteiger partial charge on any atom is 0.141 e. The quantitative estimate of drug-likeness (QED) is 0.754. The molecule has 0 saturated heterocycles. The zero-order valence-electron chi connectivity index (χ0n) is 14.5. The van der Waals surface area contributed by atoms with Gasteiger partial charge in [0.1, 0.15) is 29.5 Å². The molecule has 0 spiro atoms. The molecule has 0 radical (unpaired) electrons. The molecule has 3 aromatic rings. The predicted octanol–water partition coefficient (Wildman–Crippen LogP) is 2.96. The molecule has 1 aromatic carbocycles. The predicted molar refractivity (Wildman–Crippen MR) is 99.6 cm³/mol. The number of nitrogens with one attached hydrogen (secondary N) is 1. The fourth-order valence-electron chi connectivity index (χ4n) is 2.73. The summed E-state index contributed by atoms with van der Waals surface area (Å²) in [7, 11) is 1.85. The monoisotopic (exact) mass is 349 g/mol. The summed E-state index contributed by atoms with van der Waals surface area (Å²) in [6.45, 7) is 2.17. The number of allylic oxidation sites excluding steroid dienone is 1. The van der Waals surface area contributed by atoms with Crippen LogP contribution in [0.1, 0.15) is 5.69 Å². The average Bonchev–Trinajstić information content (AvgIpc) is 3.07. The maximum absolute atomic E-state index is 10.1. The lowest BCUT2D eigenvalue weighted by molar-refractivity contribution is 0.323. The molecule has 0 fully saturated rings. The van der Waals surface area contributed by atoms with Crippen molar-refractivity contribution in [3.05, 3.63) is 72.2 Å². The largest absolute Gasteiger partial charge is 0.506 e. The molecule has 2 aromatic heterocycles. The minimum Gasteiger partial charge on any atom is -0.506 e. The van der Waals surface area contributed by atoms with Crippen molar-refractivity contribution in [1.29, 1.82) is 0 Å². The van der Waals surface area contributed by atoms with Gasteiger partial charge in [-0.25, -0.2) is 0 Å². The van der Waals surface area contributed by atoms with Gasteiger partial charge in [-0.05, 0) is 31.2 Å². The Bertz CT molecular complexity index is 1020. The summed E-state index contributed by atoms with van der Waals surface area (Å²) in [6.07, 6.45) is 6.96. The van der Waals surface area contributed by atoms with Crippen molar-refractivity contribution in [2.45, 2.75) is 6.92 Å². The molecule has 0 bridgehead atoms. The number of hydrazine groups is 1. The van der Waals surface area contributed by atoms with E-state index in [2.05, 4.69) is 15.5 Å². The highest BCUT2D eigenvalue weighted by atomic mass is 16.5. The van der Waals surface area contributed by atoms with Crippen LogP contribution in [0, 0.1) is 6.92 Å². The summed E-state index contributed by atoms with van der Waals surface area (Å²) in [5, 5.41) is 17.1. The number of aliphatic hydroxyl groups excluding tert-OH is 1. The number of aromatic nitrogens is 3. The van der Waals surface area contributed by atoms with Gasteiger partial charge in [0.15, 0.2) is 0 Å². The van der Waals surface area contributed by atoms with Crippen LogP contribution in [-0.2, 0) is 7.05 Å². The first-order valence-corrected chi connectivity index (χ1v) is 8.23. The normalized spacial score (nSPS) is 14.0. The molecule has 7 nitrogen and oxygen atoms in total. The molecule has 26 heavy (non-hydrogen) atoms. The van der Waals surface area contributed by atoms with Gasteiger partial charge in [0, 0.05) is 30.4 Å². The molecule has 4 rings (SSSR count). The minimum absolute atomic E-state index is 0.142. The molecular formula is C19H19N5O2. The number of nitrogens with zero attached hydrogens (tertiary/aromatic N) is 4. The summed E-state index contributed by atoms with van der Waals surface area (Å²) in [6, 6.07) is 9.75. The van der Waals surface area contributed by atoms with Crippen LogP contribution in [0.4, 0.5) is 5.69 Å². The number of ether oxygens (including phenoxy) is 1. The van der Waals surface area contributed by atoms with Crippen molar-refractivity contribution in [3.8, 4) is 5.75 Å². The minimum atomic E-state index is 0.142. The second-order valence-electron chi connectivity index (χ2n) is 6.13. The van der Waals surface area contributed by atoms with Crippen molar-refractivity contribution < 1.29 is 9.84 Å². The number of hydrogen-bond donors (Lipinski definition) is 2. The Morgan fingerprint density at radius 2 is 2.12 bits per heavy atom. The fourth-order valence-corrected chi connectivity index (χ4v) is 2.73. The molecule has 1 aliphatic heterocycles. The molecule has 3 heterocycles. The molecule has 2 N–H and O–H groups in total. The van der Waals surface area contributed by atoms with E-state index in [1.54, 1.807) is 28.2 Å². The lowest BCUT2D eigenvalue weighted by Crippen LogP contribution is -2.37. The Morgan fingerprint density at radius 3 is 2.92 bits per heavy atom. The second-order valence-corrected chi connectivity index (χ2v) is 6.13. The van der Waals surface area contributed by atoms with Crippen molar-refractivity contribution >= 4 is 16.6 Å². The third-order valence-corrected chi connectivity index (χ3v) is 4.10. The van der Waals surface area contributed by atoms with Gasteiger partial charge in [-0.15, -0.1) is 0 Å². The smallest absolute Gasteiger partial charge is 0.141 e. The number of benzene rings is 1. The van der Waals surface area contributed by atoms with Crippen LogP contribution in [0.25, 0.3) is 10.9 Å². The third kappa shape index (κ3) is 3.19. The van der Waals surface area contributed by atoms with Crippen LogP contribution in [0.3, 0.4) is 0 Å². The molecule has 0 amide bonds. The van der Waals surface area contributed by atoms with Crippen molar-refractivity contribution in [2.75, 3.05) is 11.6 Å². The lowest BCUT2D eigenvalue weighted by atomic mass is 10.2. The van der Waals surface area contributed by atoms with E-state index in [1.165, 1.54) is 0 Å². The molecule has 7 heteroatoms. The number of rotatable bonds is 4. The first-order chi connectivity index (χ1) is 12.6. The second kappa shape index (κ2) is 6.44. The number of pyridine rings is 1. The number of aryl methyl sites for hydroxylation is 2. The summed E-state index contributed by atoms with van der Waals surface area (Å²) in [4.78, 5) is 4.48. The molecule has 0 saturated carbocycles. The van der Waals surface area contributed by atoms with E-state index in [-0.39, 0.29) is 12.4 Å². The molecule has 132 valence electrons. The van der Waals surface area contributed by atoms with Gasteiger partial charge in [-0.2, -0.15) is 5.10 Å². The van der Waals surface area contributed by atoms with E-state index in [0.717, 1.165) is 22.3 Å². The van der Waals surface area contributed by atoms with Gasteiger partial charge in [-0.1, -0.05) is 6.07 Å². The van der Waals surface area contributed by atoms with Crippen LogP contribution >= 0.6 is 0 Å². The Kier molecular flexibility index (Phi) is 3.96. The first kappa shape index (κ1) is 16.0. The highest BCUT2D eigenvalue weighted by Gasteiger charge is 2.15. The standard InChI is InChI=1S/C19H19N5O2/c1-13-3-4-14-9-16(5-6-17(14)21-13)26-12-18-19(25)7-8-24(22-18)15-10-20-23(2)11-15/h3-11,22,25H,12H2,1-2H3. The number of fused-ring (bicyclic) bond motifs is 1. The van der Waals surface area contributed by atoms with E-state index >= 15 is 0 Å². The van der Waals surface area contributed by atoms with Gasteiger partial charge in [0.05, 0.1) is 17.9 Å². The SMILES string of the molecule is Cc1ccc2cc(OCC3=C(O)C=CN(c4cnn(C)c4)N3)ccc2n1. The zero-order valence-corrected chi connectivity index (χ0v) is 14.5. The molecule has 1 aliphatic rings. The Morgan fingerprint density at radius 1 is 1.23 bits per heavy atom. The lowest BCUT2D eigenvalue weighted by Gasteiger charge is -2.26. The van der Waals surface area contributed by atoms with Crippen molar-refractivity contribution in [2.24, 2.45) is 7.05 Å².